The van der Waals surface area contributed by atoms with Crippen LogP contribution in [0, 0.1) is 23.7 Å². The number of nitrogens with zero attached hydrogens (tertiary/aromatic N) is 1. The first-order valence-corrected chi connectivity index (χ1v) is 6.88. The van der Waals surface area contributed by atoms with Crippen LogP contribution in [-0.2, 0) is 0 Å². The predicted octanol–water partition coefficient (Wildman–Crippen LogP) is 4.25. The van der Waals surface area contributed by atoms with Crippen molar-refractivity contribution in [1.29, 1.82) is 5.26 Å². The fourth-order valence-corrected chi connectivity index (χ4v) is 2.79. The van der Waals surface area contributed by atoms with Crippen LogP contribution >= 0.6 is 0 Å². The second-order valence-electron chi connectivity index (χ2n) is 5.89. The van der Waals surface area contributed by atoms with Gasteiger partial charge in [0.2, 0.25) is 0 Å². The van der Waals surface area contributed by atoms with Crippen molar-refractivity contribution in [1.82, 2.24) is 0 Å². The van der Waals surface area contributed by atoms with Gasteiger partial charge in [0, 0.05) is 6.54 Å². The van der Waals surface area contributed by atoms with Crippen LogP contribution < -0.4 is 5.32 Å². The molecule has 1 aliphatic carbocycles. The van der Waals surface area contributed by atoms with E-state index in [1.165, 1.54) is 37.7 Å². The van der Waals surface area contributed by atoms with Crippen LogP contribution in [0.2, 0.25) is 0 Å². The molecule has 18 heavy (non-hydrogen) atoms. The van der Waals surface area contributed by atoms with E-state index in [1.54, 1.807) is 0 Å². The number of rotatable bonds is 3. The van der Waals surface area contributed by atoms with E-state index < -0.39 is 0 Å². The maximum atomic E-state index is 9.12. The van der Waals surface area contributed by atoms with Crippen LogP contribution in [0.4, 0.5) is 5.69 Å². The molecule has 0 aliphatic heterocycles. The Labute approximate surface area is 110 Å². The lowest BCUT2D eigenvalue weighted by atomic mass is 9.75. The first kappa shape index (κ1) is 13.0. The summed E-state index contributed by atoms with van der Waals surface area (Å²) in [6.07, 6.45) is 6.67. The van der Waals surface area contributed by atoms with Gasteiger partial charge >= 0.3 is 0 Å². The van der Waals surface area contributed by atoms with Gasteiger partial charge < -0.3 is 5.32 Å². The van der Waals surface area contributed by atoms with Crippen molar-refractivity contribution in [2.75, 3.05) is 11.9 Å². The Hall–Kier alpha value is -1.49. The monoisotopic (exact) mass is 242 g/mol. The van der Waals surface area contributed by atoms with Crippen molar-refractivity contribution >= 4 is 5.69 Å². The van der Waals surface area contributed by atoms with Crippen LogP contribution in [0.5, 0.6) is 0 Å². The number of nitrogens with one attached hydrogen (secondary N) is 1. The second-order valence-corrected chi connectivity index (χ2v) is 5.89. The minimum Gasteiger partial charge on any atom is -0.383 e. The third kappa shape index (κ3) is 3.04. The Morgan fingerprint density at radius 1 is 1.28 bits per heavy atom. The van der Waals surface area contributed by atoms with Gasteiger partial charge in [-0.3, -0.25) is 0 Å². The molecule has 96 valence electrons. The molecule has 2 heteroatoms. The zero-order valence-corrected chi connectivity index (χ0v) is 11.4. The fourth-order valence-electron chi connectivity index (χ4n) is 2.79. The van der Waals surface area contributed by atoms with Crippen molar-refractivity contribution in [2.24, 2.45) is 5.41 Å². The quantitative estimate of drug-likeness (QED) is 0.860. The molecule has 0 bridgehead atoms. The number of aryl methyl sites for hydroxylation is 1. The first-order chi connectivity index (χ1) is 8.63. The Bertz CT molecular complexity index is 451. The summed E-state index contributed by atoms with van der Waals surface area (Å²) in [5, 5.41) is 12.6. The number of hydrogen-bond donors (Lipinski definition) is 1. The van der Waals surface area contributed by atoms with Crippen molar-refractivity contribution in [3.63, 3.8) is 0 Å². The normalized spacial score (nSPS) is 18.1. The van der Waals surface area contributed by atoms with E-state index in [1.807, 2.05) is 12.1 Å². The van der Waals surface area contributed by atoms with Crippen LogP contribution in [0.1, 0.15) is 50.2 Å². The van der Waals surface area contributed by atoms with E-state index in [0.29, 0.717) is 5.41 Å². The number of hydrogen-bond acceptors (Lipinski definition) is 2. The Balaban J connectivity index is 2.05. The third-order valence-electron chi connectivity index (χ3n) is 4.06. The summed E-state index contributed by atoms with van der Waals surface area (Å²) >= 11 is 0. The standard InChI is InChI=1S/C16H22N2/c1-13-6-7-14(11-17)15(10-13)18-12-16(2)8-4-3-5-9-16/h6-7,10,18H,3-5,8-9,12H2,1-2H3. The Kier molecular flexibility index (Phi) is 3.91. The summed E-state index contributed by atoms with van der Waals surface area (Å²) < 4.78 is 0. The summed E-state index contributed by atoms with van der Waals surface area (Å²) in [6, 6.07) is 8.23. The zero-order valence-electron chi connectivity index (χ0n) is 11.4. The number of nitriles is 1. The lowest BCUT2D eigenvalue weighted by Gasteiger charge is -2.34. The predicted molar refractivity (Wildman–Crippen MR) is 75.6 cm³/mol. The molecule has 0 spiro atoms. The van der Waals surface area contributed by atoms with Gasteiger partial charge in [0.15, 0.2) is 0 Å². The van der Waals surface area contributed by atoms with Crippen molar-refractivity contribution in [2.45, 2.75) is 46.0 Å². The van der Waals surface area contributed by atoms with Crippen molar-refractivity contribution < 1.29 is 0 Å². The molecule has 0 heterocycles. The molecule has 0 amide bonds. The molecule has 0 saturated heterocycles. The molecule has 1 aromatic rings. The first-order valence-electron chi connectivity index (χ1n) is 6.88. The van der Waals surface area contributed by atoms with Crippen LogP contribution in [0.3, 0.4) is 0 Å². The highest BCUT2D eigenvalue weighted by Gasteiger charge is 2.26. The maximum Gasteiger partial charge on any atom is 0.101 e. The molecule has 0 radical (unpaired) electrons. The summed E-state index contributed by atoms with van der Waals surface area (Å²) in [4.78, 5) is 0. The molecule has 0 aromatic heterocycles. The van der Waals surface area contributed by atoms with Gasteiger partial charge in [0.25, 0.3) is 0 Å². The van der Waals surface area contributed by atoms with Gasteiger partial charge in [-0.1, -0.05) is 32.3 Å². The minimum absolute atomic E-state index is 0.398. The van der Waals surface area contributed by atoms with E-state index in [4.69, 9.17) is 5.26 Å². The average Bonchev–Trinajstić information content (AvgIpc) is 2.38. The summed E-state index contributed by atoms with van der Waals surface area (Å²) in [5.41, 5.74) is 3.34. The molecule has 1 aliphatic rings. The summed E-state index contributed by atoms with van der Waals surface area (Å²) in [7, 11) is 0. The smallest absolute Gasteiger partial charge is 0.101 e. The average molecular weight is 242 g/mol. The number of anilines is 1. The maximum absolute atomic E-state index is 9.12. The summed E-state index contributed by atoms with van der Waals surface area (Å²) in [5.74, 6) is 0. The molecular weight excluding hydrogens is 220 g/mol. The molecule has 1 saturated carbocycles. The SMILES string of the molecule is Cc1ccc(C#N)c(NCC2(C)CCCCC2)c1. The fraction of sp³-hybridized carbons (Fsp3) is 0.562. The molecular formula is C16H22N2. The topological polar surface area (TPSA) is 35.8 Å². The highest BCUT2D eigenvalue weighted by Crippen LogP contribution is 2.36. The van der Waals surface area contributed by atoms with Gasteiger partial charge in [0.05, 0.1) is 11.3 Å². The van der Waals surface area contributed by atoms with Gasteiger partial charge in [-0.25, -0.2) is 0 Å². The molecule has 1 aromatic carbocycles. The van der Waals surface area contributed by atoms with E-state index in [-0.39, 0.29) is 0 Å². The molecule has 0 unspecified atom stereocenters. The van der Waals surface area contributed by atoms with E-state index in [2.05, 4.69) is 31.3 Å². The van der Waals surface area contributed by atoms with Crippen molar-refractivity contribution in [3.05, 3.63) is 29.3 Å². The molecule has 1 N–H and O–H groups in total. The van der Waals surface area contributed by atoms with Crippen LogP contribution in [-0.4, -0.2) is 6.54 Å². The van der Waals surface area contributed by atoms with Gasteiger partial charge in [-0.2, -0.15) is 5.26 Å². The van der Waals surface area contributed by atoms with Gasteiger partial charge in [0.1, 0.15) is 6.07 Å². The molecule has 0 atom stereocenters. The largest absolute Gasteiger partial charge is 0.383 e. The second kappa shape index (κ2) is 5.44. The third-order valence-corrected chi connectivity index (χ3v) is 4.06. The van der Waals surface area contributed by atoms with Crippen LogP contribution in [0.25, 0.3) is 0 Å². The van der Waals surface area contributed by atoms with Crippen molar-refractivity contribution in [3.8, 4) is 6.07 Å². The van der Waals surface area contributed by atoms with Crippen LogP contribution in [0.15, 0.2) is 18.2 Å². The van der Waals surface area contributed by atoms with E-state index >= 15 is 0 Å². The summed E-state index contributed by atoms with van der Waals surface area (Å²) in [6.45, 7) is 5.40. The molecule has 2 rings (SSSR count). The molecule has 2 nitrogen and oxygen atoms in total. The lowest BCUT2D eigenvalue weighted by Crippen LogP contribution is -2.29. The lowest BCUT2D eigenvalue weighted by molar-refractivity contribution is 0.233. The highest BCUT2D eigenvalue weighted by atomic mass is 14.9. The Morgan fingerprint density at radius 2 is 2.00 bits per heavy atom. The van der Waals surface area contributed by atoms with Gasteiger partial charge in [-0.15, -0.1) is 0 Å². The van der Waals surface area contributed by atoms with E-state index in [9.17, 15) is 0 Å². The minimum atomic E-state index is 0.398. The zero-order chi connectivity index (χ0) is 13.0. The van der Waals surface area contributed by atoms with E-state index in [0.717, 1.165) is 17.8 Å². The molecule has 1 fully saturated rings. The van der Waals surface area contributed by atoms with Gasteiger partial charge in [-0.05, 0) is 42.9 Å². The Morgan fingerprint density at radius 3 is 2.67 bits per heavy atom. The highest BCUT2D eigenvalue weighted by molar-refractivity contribution is 5.58. The number of benzene rings is 1.